The summed E-state index contributed by atoms with van der Waals surface area (Å²) in [5.74, 6) is 0. The van der Waals surface area contributed by atoms with Crippen molar-refractivity contribution in [2.75, 3.05) is 0 Å². The van der Waals surface area contributed by atoms with Crippen LogP contribution >= 0.6 is 0 Å². The van der Waals surface area contributed by atoms with Gasteiger partial charge in [-0.2, -0.15) is 5.26 Å². The zero-order valence-corrected chi connectivity index (χ0v) is 13.3. The molecule has 2 aromatic carbocycles. The van der Waals surface area contributed by atoms with Crippen molar-refractivity contribution in [3.8, 4) is 28.5 Å². The number of rotatable bonds is 3. The lowest BCUT2D eigenvalue weighted by Crippen LogP contribution is -1.91. The SMILES string of the molecule is N#Cc1ccccc1-c1cccc(-c2cnc3cc(C=O)ccn23)c1. The van der Waals surface area contributed by atoms with Crippen LogP contribution in [-0.4, -0.2) is 15.7 Å². The van der Waals surface area contributed by atoms with E-state index in [1.54, 1.807) is 18.3 Å². The normalized spacial score (nSPS) is 10.5. The van der Waals surface area contributed by atoms with E-state index >= 15 is 0 Å². The van der Waals surface area contributed by atoms with E-state index in [1.807, 2.05) is 59.1 Å². The monoisotopic (exact) mass is 323 g/mol. The van der Waals surface area contributed by atoms with E-state index in [9.17, 15) is 10.1 Å². The summed E-state index contributed by atoms with van der Waals surface area (Å²) in [5.41, 5.74) is 5.79. The smallest absolute Gasteiger partial charge is 0.150 e. The first-order valence-electron chi connectivity index (χ1n) is 7.82. The lowest BCUT2D eigenvalue weighted by molar-refractivity contribution is 0.112. The van der Waals surface area contributed by atoms with Crippen molar-refractivity contribution in [2.24, 2.45) is 0 Å². The van der Waals surface area contributed by atoms with E-state index in [-0.39, 0.29) is 0 Å². The number of carbonyl (C=O) groups is 1. The molecule has 0 spiro atoms. The number of benzene rings is 2. The summed E-state index contributed by atoms with van der Waals surface area (Å²) in [6.45, 7) is 0. The Kier molecular flexibility index (Phi) is 3.60. The number of pyridine rings is 1. The third-order valence-corrected chi connectivity index (χ3v) is 4.19. The Labute approximate surface area is 144 Å². The van der Waals surface area contributed by atoms with Gasteiger partial charge < -0.3 is 0 Å². The van der Waals surface area contributed by atoms with E-state index in [0.29, 0.717) is 11.1 Å². The van der Waals surface area contributed by atoms with E-state index < -0.39 is 0 Å². The molecule has 0 bridgehead atoms. The van der Waals surface area contributed by atoms with Gasteiger partial charge in [0, 0.05) is 17.3 Å². The highest BCUT2D eigenvalue weighted by atomic mass is 16.1. The van der Waals surface area contributed by atoms with E-state index in [4.69, 9.17) is 0 Å². The Morgan fingerprint density at radius 2 is 1.84 bits per heavy atom. The Hall–Kier alpha value is -3.71. The minimum atomic E-state index is 0.598. The van der Waals surface area contributed by atoms with Crippen LogP contribution in [-0.2, 0) is 0 Å². The predicted molar refractivity (Wildman–Crippen MR) is 96.2 cm³/mol. The van der Waals surface area contributed by atoms with Crippen LogP contribution < -0.4 is 0 Å². The molecule has 0 unspecified atom stereocenters. The predicted octanol–water partition coefficient (Wildman–Crippen LogP) is 4.35. The molecule has 0 N–H and O–H groups in total. The molecule has 4 heteroatoms. The van der Waals surface area contributed by atoms with Crippen molar-refractivity contribution in [2.45, 2.75) is 0 Å². The molecule has 0 aliphatic rings. The summed E-state index contributed by atoms with van der Waals surface area (Å²) in [6.07, 6.45) is 4.45. The fourth-order valence-electron chi connectivity index (χ4n) is 2.96. The number of fused-ring (bicyclic) bond motifs is 1. The molecule has 4 nitrogen and oxygen atoms in total. The van der Waals surface area contributed by atoms with Gasteiger partial charge in [-0.3, -0.25) is 9.20 Å². The highest BCUT2D eigenvalue weighted by Crippen LogP contribution is 2.28. The highest BCUT2D eigenvalue weighted by Gasteiger charge is 2.09. The topological polar surface area (TPSA) is 58.2 Å². The fraction of sp³-hybridized carbons (Fsp3) is 0. The van der Waals surface area contributed by atoms with Crippen molar-refractivity contribution < 1.29 is 4.79 Å². The molecule has 0 saturated heterocycles. The second-order valence-corrected chi connectivity index (χ2v) is 5.69. The van der Waals surface area contributed by atoms with Gasteiger partial charge in [0.1, 0.15) is 11.9 Å². The van der Waals surface area contributed by atoms with Gasteiger partial charge in [0.05, 0.1) is 23.5 Å². The average Bonchev–Trinajstić information content (AvgIpc) is 3.11. The molecule has 0 saturated carbocycles. The molecule has 2 aromatic heterocycles. The van der Waals surface area contributed by atoms with Crippen LogP contribution in [0.2, 0.25) is 0 Å². The first-order valence-corrected chi connectivity index (χ1v) is 7.82. The Morgan fingerprint density at radius 3 is 2.68 bits per heavy atom. The second-order valence-electron chi connectivity index (χ2n) is 5.69. The lowest BCUT2D eigenvalue weighted by atomic mass is 9.98. The maximum Gasteiger partial charge on any atom is 0.150 e. The van der Waals surface area contributed by atoms with Gasteiger partial charge in [0.25, 0.3) is 0 Å². The molecular weight excluding hydrogens is 310 g/mol. The van der Waals surface area contributed by atoms with E-state index in [0.717, 1.165) is 34.3 Å². The standard InChI is InChI=1S/C21H13N3O/c22-12-18-4-1-2-7-19(18)16-5-3-6-17(11-16)20-13-23-21-10-15(14-25)8-9-24(20)21/h1-11,13-14H. The summed E-state index contributed by atoms with van der Waals surface area (Å²) in [7, 11) is 0. The number of aromatic nitrogens is 2. The van der Waals surface area contributed by atoms with Crippen LogP contribution in [0.3, 0.4) is 0 Å². The van der Waals surface area contributed by atoms with Crippen molar-refractivity contribution in [1.82, 2.24) is 9.38 Å². The molecule has 0 amide bonds. The number of hydrogen-bond donors (Lipinski definition) is 0. The number of nitriles is 1. The minimum Gasteiger partial charge on any atom is -0.300 e. The van der Waals surface area contributed by atoms with Crippen LogP contribution in [0.15, 0.2) is 73.1 Å². The number of imidazole rings is 1. The molecule has 4 rings (SSSR count). The first kappa shape index (κ1) is 14.9. The van der Waals surface area contributed by atoms with Crippen molar-refractivity contribution in [1.29, 1.82) is 5.26 Å². The van der Waals surface area contributed by atoms with Crippen LogP contribution in [0.1, 0.15) is 15.9 Å². The number of hydrogen-bond acceptors (Lipinski definition) is 3. The van der Waals surface area contributed by atoms with Crippen LogP contribution in [0.4, 0.5) is 0 Å². The van der Waals surface area contributed by atoms with Gasteiger partial charge in [-0.1, -0.05) is 36.4 Å². The summed E-state index contributed by atoms with van der Waals surface area (Å²) in [6, 6.07) is 21.3. The van der Waals surface area contributed by atoms with Gasteiger partial charge in [-0.25, -0.2) is 4.98 Å². The third kappa shape index (κ3) is 2.58. The summed E-state index contributed by atoms with van der Waals surface area (Å²) < 4.78 is 1.95. The quantitative estimate of drug-likeness (QED) is 0.527. The summed E-state index contributed by atoms with van der Waals surface area (Å²) in [5, 5.41) is 9.33. The maximum atomic E-state index is 10.9. The highest BCUT2D eigenvalue weighted by molar-refractivity contribution is 5.79. The van der Waals surface area contributed by atoms with Gasteiger partial charge in [-0.15, -0.1) is 0 Å². The van der Waals surface area contributed by atoms with Gasteiger partial charge in [0.2, 0.25) is 0 Å². The first-order chi connectivity index (χ1) is 12.3. The van der Waals surface area contributed by atoms with Gasteiger partial charge in [0.15, 0.2) is 0 Å². The maximum absolute atomic E-state index is 10.9. The molecule has 0 fully saturated rings. The minimum absolute atomic E-state index is 0.598. The van der Waals surface area contributed by atoms with Crippen molar-refractivity contribution in [3.05, 3.63) is 84.2 Å². The largest absolute Gasteiger partial charge is 0.300 e. The fourth-order valence-corrected chi connectivity index (χ4v) is 2.96. The Morgan fingerprint density at radius 1 is 1.00 bits per heavy atom. The molecule has 0 radical (unpaired) electrons. The van der Waals surface area contributed by atoms with Gasteiger partial charge in [-0.05, 0) is 35.4 Å². The second kappa shape index (κ2) is 6.06. The van der Waals surface area contributed by atoms with Crippen LogP contribution in [0.25, 0.3) is 28.0 Å². The van der Waals surface area contributed by atoms with Crippen molar-refractivity contribution >= 4 is 11.9 Å². The lowest BCUT2D eigenvalue weighted by Gasteiger charge is -2.07. The molecule has 25 heavy (non-hydrogen) atoms. The zero-order valence-electron chi connectivity index (χ0n) is 13.3. The van der Waals surface area contributed by atoms with Gasteiger partial charge >= 0.3 is 0 Å². The molecule has 4 aromatic rings. The van der Waals surface area contributed by atoms with Crippen molar-refractivity contribution in [3.63, 3.8) is 0 Å². The molecule has 0 aliphatic heterocycles. The average molecular weight is 323 g/mol. The molecular formula is C21H13N3O. The molecule has 2 heterocycles. The summed E-state index contributed by atoms with van der Waals surface area (Å²) >= 11 is 0. The van der Waals surface area contributed by atoms with E-state index in [2.05, 4.69) is 11.1 Å². The molecule has 0 atom stereocenters. The third-order valence-electron chi connectivity index (χ3n) is 4.19. The molecule has 0 aliphatic carbocycles. The van der Waals surface area contributed by atoms with Crippen LogP contribution in [0, 0.1) is 11.3 Å². The Balaban J connectivity index is 1.85. The number of nitrogens with zero attached hydrogens (tertiary/aromatic N) is 3. The Bertz CT molecular complexity index is 1140. The van der Waals surface area contributed by atoms with Crippen LogP contribution in [0.5, 0.6) is 0 Å². The number of carbonyl (C=O) groups excluding carboxylic acids is 1. The number of aldehydes is 1. The van der Waals surface area contributed by atoms with E-state index in [1.165, 1.54) is 0 Å². The molecule has 118 valence electrons. The summed E-state index contributed by atoms with van der Waals surface area (Å²) in [4.78, 5) is 15.3. The zero-order chi connectivity index (χ0) is 17.2.